The van der Waals surface area contributed by atoms with Crippen molar-refractivity contribution in [1.82, 2.24) is 5.32 Å². The van der Waals surface area contributed by atoms with E-state index in [4.69, 9.17) is 14.1 Å². The SMILES string of the molecule is CCC(=O)N[C@H]1Cc2cccc(C(=O)OC(C)OC(=O)C(C)C)c2OB1C1(C)CC1. The van der Waals surface area contributed by atoms with E-state index in [2.05, 4.69) is 12.2 Å². The third kappa shape index (κ3) is 4.79. The van der Waals surface area contributed by atoms with Crippen LogP contribution in [0.3, 0.4) is 0 Å². The van der Waals surface area contributed by atoms with Crippen molar-refractivity contribution >= 4 is 24.8 Å². The van der Waals surface area contributed by atoms with Crippen molar-refractivity contribution in [2.75, 3.05) is 0 Å². The summed E-state index contributed by atoms with van der Waals surface area (Å²) >= 11 is 0. The molecule has 1 aromatic carbocycles. The first-order valence-corrected chi connectivity index (χ1v) is 10.6. The predicted molar refractivity (Wildman–Crippen MR) is 112 cm³/mol. The fourth-order valence-electron chi connectivity index (χ4n) is 3.68. The number of nitrogens with one attached hydrogen (secondary N) is 1. The summed E-state index contributed by atoms with van der Waals surface area (Å²) in [5.41, 5.74) is 1.15. The first kappa shape index (κ1) is 22.2. The summed E-state index contributed by atoms with van der Waals surface area (Å²) in [4.78, 5) is 36.6. The minimum Gasteiger partial charge on any atom is -0.557 e. The highest BCUT2D eigenvalue weighted by Crippen LogP contribution is 2.57. The molecule has 0 radical (unpaired) electrons. The number of amides is 1. The first-order chi connectivity index (χ1) is 14.1. The van der Waals surface area contributed by atoms with Gasteiger partial charge in [0.25, 0.3) is 0 Å². The van der Waals surface area contributed by atoms with Gasteiger partial charge in [0.2, 0.25) is 12.2 Å². The topological polar surface area (TPSA) is 90.9 Å². The van der Waals surface area contributed by atoms with E-state index in [1.165, 1.54) is 6.92 Å². The Bertz CT molecular complexity index is 835. The lowest BCUT2D eigenvalue weighted by atomic mass is 9.46. The van der Waals surface area contributed by atoms with Crippen LogP contribution in [0.15, 0.2) is 18.2 Å². The monoisotopic (exact) mass is 415 g/mol. The van der Waals surface area contributed by atoms with Crippen molar-refractivity contribution in [2.24, 2.45) is 5.92 Å². The van der Waals surface area contributed by atoms with Crippen LogP contribution >= 0.6 is 0 Å². The second kappa shape index (κ2) is 8.70. The zero-order chi connectivity index (χ0) is 22.1. The van der Waals surface area contributed by atoms with Gasteiger partial charge in [-0.2, -0.15) is 0 Å². The summed E-state index contributed by atoms with van der Waals surface area (Å²) in [6, 6.07) is 5.31. The lowest BCUT2D eigenvalue weighted by Gasteiger charge is -2.35. The Labute approximate surface area is 177 Å². The molecular formula is C22H30BNO6. The number of benzene rings is 1. The van der Waals surface area contributed by atoms with Crippen LogP contribution in [0.25, 0.3) is 0 Å². The quantitative estimate of drug-likeness (QED) is 0.418. The molecule has 3 rings (SSSR count). The number of fused-ring (bicyclic) bond motifs is 1. The van der Waals surface area contributed by atoms with Gasteiger partial charge in [0, 0.05) is 13.3 Å². The number of esters is 2. The fourth-order valence-corrected chi connectivity index (χ4v) is 3.68. The van der Waals surface area contributed by atoms with Crippen LogP contribution in [0, 0.1) is 5.92 Å². The molecular weight excluding hydrogens is 385 g/mol. The van der Waals surface area contributed by atoms with Gasteiger partial charge in [0.05, 0.1) is 11.9 Å². The highest BCUT2D eigenvalue weighted by atomic mass is 16.7. The lowest BCUT2D eigenvalue weighted by Crippen LogP contribution is -2.55. The number of carbonyl (C=O) groups is 3. The van der Waals surface area contributed by atoms with Crippen molar-refractivity contribution in [1.29, 1.82) is 0 Å². The van der Waals surface area contributed by atoms with Gasteiger partial charge in [-0.3, -0.25) is 9.59 Å². The molecule has 1 unspecified atom stereocenters. The molecule has 1 N–H and O–H groups in total. The average Bonchev–Trinajstić information content (AvgIpc) is 3.44. The Morgan fingerprint density at radius 3 is 2.53 bits per heavy atom. The Morgan fingerprint density at radius 1 is 1.23 bits per heavy atom. The average molecular weight is 415 g/mol. The van der Waals surface area contributed by atoms with E-state index >= 15 is 0 Å². The number of rotatable bonds is 7. The minimum atomic E-state index is -1.000. The molecule has 0 bridgehead atoms. The minimum absolute atomic E-state index is 0.0161. The zero-order valence-electron chi connectivity index (χ0n) is 18.3. The molecule has 1 aromatic rings. The third-order valence-electron chi connectivity index (χ3n) is 5.79. The summed E-state index contributed by atoms with van der Waals surface area (Å²) in [5.74, 6) is -1.02. The lowest BCUT2D eigenvalue weighted by molar-refractivity contribution is -0.169. The summed E-state index contributed by atoms with van der Waals surface area (Å²) in [5, 5.41) is 3.05. The number of hydrogen-bond donors (Lipinski definition) is 1. The van der Waals surface area contributed by atoms with Crippen molar-refractivity contribution in [2.45, 2.75) is 77.8 Å². The zero-order valence-corrected chi connectivity index (χ0v) is 18.3. The molecule has 1 fully saturated rings. The summed E-state index contributed by atoms with van der Waals surface area (Å²) < 4.78 is 16.8. The molecule has 1 amide bonds. The van der Waals surface area contributed by atoms with Gasteiger partial charge >= 0.3 is 18.9 Å². The maximum Gasteiger partial charge on any atom is 0.386 e. The number of ether oxygens (including phenoxy) is 2. The van der Waals surface area contributed by atoms with Crippen LogP contribution in [0.2, 0.25) is 5.31 Å². The fraction of sp³-hybridized carbons (Fsp3) is 0.591. The molecule has 0 aromatic heterocycles. The largest absolute Gasteiger partial charge is 0.557 e. The Balaban J connectivity index is 1.80. The second-order valence-electron chi connectivity index (χ2n) is 8.78. The van der Waals surface area contributed by atoms with Crippen LogP contribution in [-0.4, -0.2) is 37.0 Å². The van der Waals surface area contributed by atoms with Gasteiger partial charge in [-0.15, -0.1) is 0 Å². The van der Waals surface area contributed by atoms with E-state index in [0.29, 0.717) is 24.2 Å². The van der Waals surface area contributed by atoms with Gasteiger partial charge in [-0.05, 0) is 23.4 Å². The van der Waals surface area contributed by atoms with Crippen LogP contribution in [0.1, 0.15) is 69.8 Å². The third-order valence-corrected chi connectivity index (χ3v) is 5.79. The van der Waals surface area contributed by atoms with Crippen LogP contribution in [0.5, 0.6) is 5.75 Å². The van der Waals surface area contributed by atoms with Crippen LogP contribution in [-0.2, 0) is 25.5 Å². The first-order valence-electron chi connectivity index (χ1n) is 10.6. The Morgan fingerprint density at radius 2 is 1.93 bits per heavy atom. The molecule has 30 heavy (non-hydrogen) atoms. The number of para-hydroxylation sites is 1. The van der Waals surface area contributed by atoms with Gasteiger partial charge < -0.3 is 19.4 Å². The molecule has 8 heteroatoms. The molecule has 7 nitrogen and oxygen atoms in total. The molecule has 2 atom stereocenters. The highest BCUT2D eigenvalue weighted by Gasteiger charge is 2.56. The standard InChI is InChI=1S/C22H30BNO6/c1-6-18(25)24-17-12-15-8-7-9-16(19(15)30-23(17)22(5)10-11-22)21(27)29-14(4)28-20(26)13(2)3/h7-9,13-14,17H,6,10-12H2,1-5H3,(H,24,25)/t14?,17-/m0/s1. The molecule has 162 valence electrons. The maximum absolute atomic E-state index is 12.8. The molecule has 1 aliphatic carbocycles. The molecule has 0 saturated heterocycles. The summed E-state index contributed by atoms with van der Waals surface area (Å²) in [6.07, 6.45) is 2.02. The van der Waals surface area contributed by atoms with Gasteiger partial charge in [-0.1, -0.05) is 52.7 Å². The molecule has 1 saturated carbocycles. The van der Waals surface area contributed by atoms with E-state index in [1.54, 1.807) is 26.0 Å². The van der Waals surface area contributed by atoms with Gasteiger partial charge in [0.1, 0.15) is 11.3 Å². The van der Waals surface area contributed by atoms with Crippen LogP contribution in [0.4, 0.5) is 0 Å². The normalized spacial score (nSPS) is 19.9. The van der Waals surface area contributed by atoms with Gasteiger partial charge in [0.15, 0.2) is 0 Å². The summed E-state index contributed by atoms with van der Waals surface area (Å²) in [7, 11) is 0. The van der Waals surface area contributed by atoms with Crippen molar-refractivity contribution < 1.29 is 28.5 Å². The number of carbonyl (C=O) groups excluding carboxylic acids is 3. The smallest absolute Gasteiger partial charge is 0.386 e. The molecule has 1 heterocycles. The maximum atomic E-state index is 12.8. The van der Waals surface area contributed by atoms with Crippen LogP contribution < -0.4 is 9.97 Å². The Kier molecular flexibility index (Phi) is 6.43. The second-order valence-corrected chi connectivity index (χ2v) is 8.78. The Hall–Kier alpha value is -2.51. The molecule has 2 aliphatic rings. The highest BCUT2D eigenvalue weighted by molar-refractivity contribution is 6.60. The van der Waals surface area contributed by atoms with E-state index in [1.807, 2.05) is 13.0 Å². The van der Waals surface area contributed by atoms with Crippen molar-refractivity contribution in [3.05, 3.63) is 29.3 Å². The van der Waals surface area contributed by atoms with E-state index in [0.717, 1.165) is 18.4 Å². The van der Waals surface area contributed by atoms with Gasteiger partial charge in [-0.25, -0.2) is 4.79 Å². The van der Waals surface area contributed by atoms with E-state index in [9.17, 15) is 14.4 Å². The predicted octanol–water partition coefficient (Wildman–Crippen LogP) is 3.30. The molecule has 1 aliphatic heterocycles. The number of hydrogen-bond acceptors (Lipinski definition) is 6. The van der Waals surface area contributed by atoms with E-state index < -0.39 is 18.2 Å². The van der Waals surface area contributed by atoms with Crippen molar-refractivity contribution in [3.8, 4) is 5.75 Å². The summed E-state index contributed by atoms with van der Waals surface area (Å²) in [6.45, 7) is 8.68. The molecule has 0 spiro atoms. The van der Waals surface area contributed by atoms with E-state index in [-0.39, 0.29) is 30.0 Å². The van der Waals surface area contributed by atoms with Crippen molar-refractivity contribution in [3.63, 3.8) is 0 Å².